The maximum absolute atomic E-state index is 8.68. The number of aliphatic hydroxyl groups excluding tert-OH is 1. The van der Waals surface area contributed by atoms with E-state index in [0.717, 1.165) is 30.0 Å². The molecule has 1 rings (SSSR count). The predicted molar refractivity (Wildman–Crippen MR) is 67.9 cm³/mol. The van der Waals surface area contributed by atoms with Gasteiger partial charge < -0.3 is 19.9 Å². The molecule has 0 radical (unpaired) electrons. The third kappa shape index (κ3) is 3.91. The molecule has 17 heavy (non-hydrogen) atoms. The molecule has 0 saturated carbocycles. The molecule has 1 aromatic rings. The van der Waals surface area contributed by atoms with Crippen molar-refractivity contribution >= 4 is 0 Å². The highest BCUT2D eigenvalue weighted by atomic mass is 16.5. The van der Waals surface area contributed by atoms with Crippen LogP contribution < -0.4 is 14.8 Å². The highest BCUT2D eigenvalue weighted by Crippen LogP contribution is 2.28. The lowest BCUT2D eigenvalue weighted by atomic mass is 10.0. The Hall–Kier alpha value is -1.26. The standard InChI is InChI=1S/C13H21NO3/c1-10-8-11(16-2)9-13(17-3)12(10)4-5-14-6-7-15/h8-9,14-15H,4-7H2,1-3H3. The van der Waals surface area contributed by atoms with E-state index in [0.29, 0.717) is 6.54 Å². The summed E-state index contributed by atoms with van der Waals surface area (Å²) < 4.78 is 10.6. The molecule has 0 aliphatic carbocycles. The van der Waals surface area contributed by atoms with Crippen LogP contribution >= 0.6 is 0 Å². The molecular formula is C13H21NO3. The first kappa shape index (κ1) is 13.8. The summed E-state index contributed by atoms with van der Waals surface area (Å²) in [5.41, 5.74) is 2.34. The highest BCUT2D eigenvalue weighted by Gasteiger charge is 2.08. The lowest BCUT2D eigenvalue weighted by Gasteiger charge is -2.14. The van der Waals surface area contributed by atoms with Gasteiger partial charge in [0.25, 0.3) is 0 Å². The molecule has 0 saturated heterocycles. The predicted octanol–water partition coefficient (Wildman–Crippen LogP) is 1.14. The van der Waals surface area contributed by atoms with Crippen molar-refractivity contribution < 1.29 is 14.6 Å². The Labute approximate surface area is 103 Å². The lowest BCUT2D eigenvalue weighted by molar-refractivity contribution is 0.292. The van der Waals surface area contributed by atoms with Gasteiger partial charge >= 0.3 is 0 Å². The quantitative estimate of drug-likeness (QED) is 0.701. The van der Waals surface area contributed by atoms with Crippen LogP contribution in [0.4, 0.5) is 0 Å². The lowest BCUT2D eigenvalue weighted by Crippen LogP contribution is -2.21. The summed E-state index contributed by atoms with van der Waals surface area (Å²) >= 11 is 0. The fourth-order valence-corrected chi connectivity index (χ4v) is 1.79. The molecular weight excluding hydrogens is 218 g/mol. The van der Waals surface area contributed by atoms with Crippen LogP contribution in [0.1, 0.15) is 11.1 Å². The monoisotopic (exact) mass is 239 g/mol. The van der Waals surface area contributed by atoms with Gasteiger partial charge in [-0.3, -0.25) is 0 Å². The third-order valence-corrected chi connectivity index (χ3v) is 2.70. The number of aryl methyl sites for hydroxylation is 1. The summed E-state index contributed by atoms with van der Waals surface area (Å²) in [6, 6.07) is 3.90. The molecule has 96 valence electrons. The second-order valence-electron chi connectivity index (χ2n) is 3.85. The molecule has 2 N–H and O–H groups in total. The first-order valence-electron chi connectivity index (χ1n) is 5.76. The van der Waals surface area contributed by atoms with Crippen molar-refractivity contribution in [1.29, 1.82) is 0 Å². The van der Waals surface area contributed by atoms with Crippen molar-refractivity contribution in [2.24, 2.45) is 0 Å². The average Bonchev–Trinajstić information content (AvgIpc) is 2.35. The smallest absolute Gasteiger partial charge is 0.126 e. The fraction of sp³-hybridized carbons (Fsp3) is 0.538. The van der Waals surface area contributed by atoms with Crippen molar-refractivity contribution in [3.05, 3.63) is 23.3 Å². The number of methoxy groups -OCH3 is 2. The highest BCUT2D eigenvalue weighted by molar-refractivity contribution is 5.46. The number of nitrogens with one attached hydrogen (secondary N) is 1. The van der Waals surface area contributed by atoms with Crippen LogP contribution in [0.25, 0.3) is 0 Å². The normalized spacial score (nSPS) is 10.4. The van der Waals surface area contributed by atoms with Gasteiger partial charge in [0.15, 0.2) is 0 Å². The number of rotatable bonds is 7. The van der Waals surface area contributed by atoms with E-state index in [9.17, 15) is 0 Å². The van der Waals surface area contributed by atoms with Gasteiger partial charge in [-0.05, 0) is 37.1 Å². The number of hydrogen-bond acceptors (Lipinski definition) is 4. The molecule has 0 spiro atoms. The van der Waals surface area contributed by atoms with Gasteiger partial charge in [-0.25, -0.2) is 0 Å². The van der Waals surface area contributed by atoms with Gasteiger partial charge in [0.1, 0.15) is 11.5 Å². The second kappa shape index (κ2) is 7.14. The zero-order valence-electron chi connectivity index (χ0n) is 10.7. The van der Waals surface area contributed by atoms with Crippen molar-refractivity contribution in [3.63, 3.8) is 0 Å². The Kier molecular flexibility index (Phi) is 5.80. The van der Waals surface area contributed by atoms with Crippen molar-refractivity contribution in [3.8, 4) is 11.5 Å². The average molecular weight is 239 g/mol. The molecule has 0 heterocycles. The zero-order chi connectivity index (χ0) is 12.7. The van der Waals surface area contributed by atoms with Gasteiger partial charge in [0.2, 0.25) is 0 Å². The molecule has 0 fully saturated rings. The zero-order valence-corrected chi connectivity index (χ0v) is 10.7. The number of ether oxygens (including phenoxy) is 2. The summed E-state index contributed by atoms with van der Waals surface area (Å²) in [5.74, 6) is 1.67. The summed E-state index contributed by atoms with van der Waals surface area (Å²) in [7, 11) is 3.32. The minimum absolute atomic E-state index is 0.165. The van der Waals surface area contributed by atoms with Crippen molar-refractivity contribution in [2.45, 2.75) is 13.3 Å². The van der Waals surface area contributed by atoms with Gasteiger partial charge in [-0.2, -0.15) is 0 Å². The minimum Gasteiger partial charge on any atom is -0.497 e. The van der Waals surface area contributed by atoms with Crippen LogP contribution in [0.2, 0.25) is 0 Å². The topological polar surface area (TPSA) is 50.7 Å². The fourth-order valence-electron chi connectivity index (χ4n) is 1.79. The van der Waals surface area contributed by atoms with Crippen molar-refractivity contribution in [1.82, 2.24) is 5.32 Å². The van der Waals surface area contributed by atoms with Gasteiger partial charge in [0, 0.05) is 12.6 Å². The molecule has 0 bridgehead atoms. The largest absolute Gasteiger partial charge is 0.497 e. The molecule has 0 amide bonds. The Morgan fingerprint density at radius 3 is 2.53 bits per heavy atom. The van der Waals surface area contributed by atoms with Crippen LogP contribution in [0.3, 0.4) is 0 Å². The van der Waals surface area contributed by atoms with Gasteiger partial charge in [-0.1, -0.05) is 0 Å². The molecule has 0 aromatic heterocycles. The van der Waals surface area contributed by atoms with Gasteiger partial charge in [-0.15, -0.1) is 0 Å². The Morgan fingerprint density at radius 1 is 1.18 bits per heavy atom. The molecule has 4 nitrogen and oxygen atoms in total. The van der Waals surface area contributed by atoms with Gasteiger partial charge in [0.05, 0.1) is 20.8 Å². The van der Waals surface area contributed by atoms with Crippen LogP contribution in [-0.4, -0.2) is 39.0 Å². The molecule has 0 unspecified atom stereocenters. The second-order valence-corrected chi connectivity index (χ2v) is 3.85. The SMILES string of the molecule is COc1cc(C)c(CCNCCO)c(OC)c1. The van der Waals surface area contributed by atoms with E-state index in [4.69, 9.17) is 14.6 Å². The van der Waals surface area contributed by atoms with E-state index in [2.05, 4.69) is 5.32 Å². The molecule has 0 atom stereocenters. The van der Waals surface area contributed by atoms with E-state index in [-0.39, 0.29) is 6.61 Å². The van der Waals surface area contributed by atoms with E-state index in [1.807, 2.05) is 19.1 Å². The van der Waals surface area contributed by atoms with Crippen LogP contribution in [0.15, 0.2) is 12.1 Å². The summed E-state index contributed by atoms with van der Waals surface area (Å²) in [5, 5.41) is 11.8. The summed E-state index contributed by atoms with van der Waals surface area (Å²) in [6.45, 7) is 3.66. The van der Waals surface area contributed by atoms with E-state index < -0.39 is 0 Å². The molecule has 0 aliphatic rings. The van der Waals surface area contributed by atoms with Crippen LogP contribution in [0.5, 0.6) is 11.5 Å². The summed E-state index contributed by atoms with van der Waals surface area (Å²) in [6.07, 6.45) is 0.874. The molecule has 0 aliphatic heterocycles. The maximum Gasteiger partial charge on any atom is 0.126 e. The van der Waals surface area contributed by atoms with E-state index >= 15 is 0 Å². The maximum atomic E-state index is 8.68. The Bertz CT molecular complexity index is 353. The molecule has 1 aromatic carbocycles. The van der Waals surface area contributed by atoms with Crippen LogP contribution in [-0.2, 0) is 6.42 Å². The first-order chi connectivity index (χ1) is 8.22. The summed E-state index contributed by atoms with van der Waals surface area (Å²) in [4.78, 5) is 0. The number of benzene rings is 1. The third-order valence-electron chi connectivity index (χ3n) is 2.70. The molecule has 4 heteroatoms. The van der Waals surface area contributed by atoms with E-state index in [1.165, 1.54) is 5.56 Å². The Morgan fingerprint density at radius 2 is 1.94 bits per heavy atom. The minimum atomic E-state index is 0.165. The van der Waals surface area contributed by atoms with Crippen LogP contribution in [0, 0.1) is 6.92 Å². The van der Waals surface area contributed by atoms with E-state index in [1.54, 1.807) is 14.2 Å². The number of hydrogen-bond donors (Lipinski definition) is 2. The first-order valence-corrected chi connectivity index (χ1v) is 5.76. The van der Waals surface area contributed by atoms with Crippen molar-refractivity contribution in [2.75, 3.05) is 33.9 Å². The number of aliphatic hydroxyl groups is 1. The Balaban J connectivity index is 2.75.